The molecule has 1 N–H and O–H groups in total. The smallest absolute Gasteiger partial charge is 0.335 e. The predicted octanol–water partition coefficient (Wildman–Crippen LogP) is 3.69. The number of rotatable bonds is 5. The number of urea groups is 1. The Balaban J connectivity index is 1.98. The van der Waals surface area contributed by atoms with E-state index in [1.807, 2.05) is 19.1 Å². The van der Waals surface area contributed by atoms with E-state index in [2.05, 4.69) is 27.2 Å². The first kappa shape index (κ1) is 20.4. The predicted molar refractivity (Wildman–Crippen MR) is 113 cm³/mol. The van der Waals surface area contributed by atoms with Crippen LogP contribution in [0.15, 0.2) is 52.5 Å². The summed E-state index contributed by atoms with van der Waals surface area (Å²) in [5.74, 6) is 1.50. The van der Waals surface area contributed by atoms with E-state index in [4.69, 9.17) is 11.2 Å². The van der Waals surface area contributed by atoms with Crippen molar-refractivity contribution in [2.24, 2.45) is 0 Å². The number of hydrogen-bond acceptors (Lipinski definition) is 4. The average Bonchev–Trinajstić information content (AvgIpc) is 2.70. The highest BCUT2D eigenvalue weighted by Gasteiger charge is 2.37. The number of aryl methyl sites for hydroxylation is 1. The molecule has 0 aliphatic carbocycles. The van der Waals surface area contributed by atoms with Gasteiger partial charge in [0.15, 0.2) is 0 Å². The van der Waals surface area contributed by atoms with Crippen LogP contribution in [-0.2, 0) is 16.0 Å². The van der Waals surface area contributed by atoms with Crippen LogP contribution in [0, 0.1) is 12.3 Å². The fourth-order valence-electron chi connectivity index (χ4n) is 2.91. The molecule has 0 bridgehead atoms. The van der Waals surface area contributed by atoms with E-state index in [9.17, 15) is 14.4 Å². The van der Waals surface area contributed by atoms with Gasteiger partial charge in [-0.25, -0.2) is 9.69 Å². The Morgan fingerprint density at radius 3 is 2.66 bits per heavy atom. The van der Waals surface area contributed by atoms with E-state index < -0.39 is 17.8 Å². The molecule has 2 aromatic rings. The van der Waals surface area contributed by atoms with Crippen LogP contribution in [0.1, 0.15) is 18.1 Å². The average molecular weight is 453 g/mol. The molecular formula is C22H17BrN2O4. The SMILES string of the molecule is C#CCOc1ccc(/C=C2/C(=O)NC(=O)N(c3ccccc3CC)C2=O)cc1Br. The van der Waals surface area contributed by atoms with Gasteiger partial charge in [-0.1, -0.05) is 37.1 Å². The number of anilines is 1. The van der Waals surface area contributed by atoms with Gasteiger partial charge in [-0.15, -0.1) is 6.42 Å². The maximum Gasteiger partial charge on any atom is 0.335 e. The molecule has 146 valence electrons. The van der Waals surface area contributed by atoms with Crippen LogP contribution in [-0.4, -0.2) is 24.5 Å². The minimum atomic E-state index is -0.766. The van der Waals surface area contributed by atoms with Crippen molar-refractivity contribution in [1.29, 1.82) is 0 Å². The van der Waals surface area contributed by atoms with E-state index in [1.54, 1.807) is 30.3 Å². The van der Waals surface area contributed by atoms with Crippen molar-refractivity contribution in [2.45, 2.75) is 13.3 Å². The number of para-hydroxylation sites is 1. The second-order valence-corrected chi connectivity index (χ2v) is 6.98. The van der Waals surface area contributed by atoms with Crippen molar-refractivity contribution in [3.8, 4) is 18.1 Å². The summed E-state index contributed by atoms with van der Waals surface area (Å²) in [7, 11) is 0. The van der Waals surface area contributed by atoms with Gasteiger partial charge >= 0.3 is 6.03 Å². The highest BCUT2D eigenvalue weighted by molar-refractivity contribution is 9.10. The van der Waals surface area contributed by atoms with Crippen molar-refractivity contribution >= 4 is 45.5 Å². The van der Waals surface area contributed by atoms with E-state index in [0.717, 1.165) is 10.5 Å². The van der Waals surface area contributed by atoms with Crippen molar-refractivity contribution in [3.63, 3.8) is 0 Å². The molecular weight excluding hydrogens is 436 g/mol. The molecule has 0 radical (unpaired) electrons. The Morgan fingerprint density at radius 1 is 1.21 bits per heavy atom. The number of amides is 4. The molecule has 0 atom stereocenters. The van der Waals surface area contributed by atoms with Crippen molar-refractivity contribution < 1.29 is 19.1 Å². The summed E-state index contributed by atoms with van der Waals surface area (Å²) in [4.78, 5) is 38.7. The van der Waals surface area contributed by atoms with Crippen LogP contribution in [0.4, 0.5) is 10.5 Å². The number of carbonyl (C=O) groups excluding carboxylic acids is 3. The zero-order valence-electron chi connectivity index (χ0n) is 15.6. The Bertz CT molecular complexity index is 1070. The minimum absolute atomic E-state index is 0.119. The van der Waals surface area contributed by atoms with E-state index >= 15 is 0 Å². The highest BCUT2D eigenvalue weighted by Crippen LogP contribution is 2.29. The molecule has 0 spiro atoms. The van der Waals surface area contributed by atoms with Gasteiger partial charge in [0, 0.05) is 0 Å². The molecule has 1 aliphatic heterocycles. The summed E-state index contributed by atoms with van der Waals surface area (Å²) in [5, 5.41) is 2.23. The Hall–Kier alpha value is -3.37. The standard InChI is InChI=1S/C22H17BrN2O4/c1-3-11-29-19-10-9-14(13-17(19)23)12-16-20(26)24-22(28)25(21(16)27)18-8-6-5-7-15(18)4-2/h1,5-10,12-13H,4,11H2,2H3,(H,24,26,28)/b16-12-. The van der Waals surface area contributed by atoms with Crippen LogP contribution in [0.3, 0.4) is 0 Å². The Morgan fingerprint density at radius 2 is 1.97 bits per heavy atom. The van der Waals surface area contributed by atoms with Gasteiger partial charge < -0.3 is 4.74 Å². The second-order valence-electron chi connectivity index (χ2n) is 6.12. The number of barbiturate groups is 1. The maximum absolute atomic E-state index is 13.0. The summed E-state index contributed by atoms with van der Waals surface area (Å²) in [5.41, 5.74) is 1.72. The molecule has 7 heteroatoms. The first-order valence-corrected chi connectivity index (χ1v) is 9.60. The number of ether oxygens (including phenoxy) is 1. The number of nitrogens with one attached hydrogen (secondary N) is 1. The molecule has 1 aliphatic rings. The lowest BCUT2D eigenvalue weighted by Crippen LogP contribution is -2.54. The van der Waals surface area contributed by atoms with Crippen molar-refractivity contribution in [1.82, 2.24) is 5.32 Å². The zero-order chi connectivity index (χ0) is 21.0. The van der Waals surface area contributed by atoms with Crippen LogP contribution < -0.4 is 15.0 Å². The quantitative estimate of drug-likeness (QED) is 0.426. The monoisotopic (exact) mass is 452 g/mol. The topological polar surface area (TPSA) is 75.7 Å². The third-order valence-corrected chi connectivity index (χ3v) is 4.91. The third-order valence-electron chi connectivity index (χ3n) is 4.29. The second kappa shape index (κ2) is 8.76. The lowest BCUT2D eigenvalue weighted by atomic mass is 10.0. The van der Waals surface area contributed by atoms with Crippen LogP contribution in [0.2, 0.25) is 0 Å². The van der Waals surface area contributed by atoms with Gasteiger partial charge in [-0.05, 0) is 57.8 Å². The van der Waals surface area contributed by atoms with Gasteiger partial charge in [0.05, 0.1) is 10.2 Å². The zero-order valence-corrected chi connectivity index (χ0v) is 17.2. The number of carbonyl (C=O) groups is 3. The van der Waals surface area contributed by atoms with Gasteiger partial charge in [0.2, 0.25) is 0 Å². The number of imide groups is 2. The maximum atomic E-state index is 13.0. The summed E-state index contributed by atoms with van der Waals surface area (Å²) in [6.07, 6.45) is 7.25. The molecule has 29 heavy (non-hydrogen) atoms. The first-order valence-electron chi connectivity index (χ1n) is 8.81. The number of nitrogens with zero attached hydrogens (tertiary/aromatic N) is 1. The summed E-state index contributed by atoms with van der Waals surface area (Å²) in [6, 6.07) is 11.4. The lowest BCUT2D eigenvalue weighted by Gasteiger charge is -2.28. The van der Waals surface area contributed by atoms with Gasteiger partial charge in [-0.3, -0.25) is 14.9 Å². The van der Waals surface area contributed by atoms with E-state index in [1.165, 1.54) is 6.08 Å². The summed E-state index contributed by atoms with van der Waals surface area (Å²) < 4.78 is 6.01. The van der Waals surface area contributed by atoms with Crippen LogP contribution in [0.5, 0.6) is 5.75 Å². The summed E-state index contributed by atoms with van der Waals surface area (Å²) >= 11 is 3.38. The van der Waals surface area contributed by atoms with Gasteiger partial charge in [0.25, 0.3) is 11.8 Å². The Labute approximate surface area is 176 Å². The molecule has 4 amide bonds. The molecule has 1 heterocycles. The molecule has 6 nitrogen and oxygen atoms in total. The normalized spacial score (nSPS) is 15.3. The van der Waals surface area contributed by atoms with E-state index in [-0.39, 0.29) is 12.2 Å². The highest BCUT2D eigenvalue weighted by atomic mass is 79.9. The van der Waals surface area contributed by atoms with Crippen molar-refractivity contribution in [3.05, 3.63) is 63.6 Å². The molecule has 2 aromatic carbocycles. The number of terminal acetylenes is 1. The fourth-order valence-corrected chi connectivity index (χ4v) is 3.43. The molecule has 0 unspecified atom stereocenters. The molecule has 0 aromatic heterocycles. The Kier molecular flexibility index (Phi) is 6.15. The number of hydrogen-bond donors (Lipinski definition) is 1. The molecule has 1 saturated heterocycles. The minimum Gasteiger partial charge on any atom is -0.480 e. The van der Waals surface area contributed by atoms with Crippen molar-refractivity contribution in [2.75, 3.05) is 11.5 Å². The van der Waals surface area contributed by atoms with Gasteiger partial charge in [0.1, 0.15) is 17.9 Å². The third kappa shape index (κ3) is 4.23. The fraction of sp³-hybridized carbons (Fsp3) is 0.136. The van der Waals surface area contributed by atoms with E-state index in [0.29, 0.717) is 27.9 Å². The first-order chi connectivity index (χ1) is 14.0. The summed E-state index contributed by atoms with van der Waals surface area (Å²) in [6.45, 7) is 2.04. The number of halogens is 1. The molecule has 3 rings (SSSR count). The largest absolute Gasteiger partial charge is 0.480 e. The number of benzene rings is 2. The lowest BCUT2D eigenvalue weighted by molar-refractivity contribution is -0.122. The van der Waals surface area contributed by atoms with Crippen LogP contribution >= 0.6 is 15.9 Å². The molecule has 0 saturated carbocycles. The molecule has 1 fully saturated rings. The van der Waals surface area contributed by atoms with Crippen LogP contribution in [0.25, 0.3) is 6.08 Å². The van der Waals surface area contributed by atoms with Gasteiger partial charge in [-0.2, -0.15) is 0 Å².